The Balaban J connectivity index is 1.50. The van der Waals surface area contributed by atoms with Gasteiger partial charge in [-0.25, -0.2) is 0 Å². The number of amides is 1. The highest BCUT2D eigenvalue weighted by Gasteiger charge is 2.23. The first kappa shape index (κ1) is 16.1. The lowest BCUT2D eigenvalue weighted by atomic mass is 10.1. The van der Waals surface area contributed by atoms with Crippen molar-refractivity contribution in [2.75, 3.05) is 24.5 Å². The summed E-state index contributed by atoms with van der Waals surface area (Å²) >= 11 is 3.45. The summed E-state index contributed by atoms with van der Waals surface area (Å²) < 4.78 is 6.28. The summed E-state index contributed by atoms with van der Waals surface area (Å²) in [5, 5.41) is 2.99. The molecule has 2 heterocycles. The van der Waals surface area contributed by atoms with Crippen LogP contribution in [-0.4, -0.2) is 25.5 Å². The van der Waals surface area contributed by atoms with Crippen molar-refractivity contribution in [2.45, 2.75) is 13.0 Å². The molecule has 3 rings (SSSR count). The normalized spacial score (nSPS) is 17.5. The molecular weight excluding hydrogens is 358 g/mol. The molecule has 1 saturated heterocycles. The van der Waals surface area contributed by atoms with Gasteiger partial charge in [0.15, 0.2) is 0 Å². The first-order valence-corrected chi connectivity index (χ1v) is 8.51. The van der Waals surface area contributed by atoms with Gasteiger partial charge in [0.05, 0.1) is 12.1 Å². The second kappa shape index (κ2) is 7.19. The summed E-state index contributed by atoms with van der Waals surface area (Å²) in [5.74, 6) is 0.983. The number of carbonyl (C=O) groups excluding carboxylic acids is 1. The monoisotopic (exact) mass is 377 g/mol. The number of nitrogens with zero attached hydrogens (tertiary/aromatic N) is 1. The summed E-state index contributed by atoms with van der Waals surface area (Å²) in [7, 11) is 0. The lowest BCUT2D eigenvalue weighted by Crippen LogP contribution is -2.30. The van der Waals surface area contributed by atoms with Gasteiger partial charge in [0.2, 0.25) is 0 Å². The Bertz CT molecular complexity index is 669. The third kappa shape index (κ3) is 3.95. The maximum atomic E-state index is 12.1. The second-order valence-electron chi connectivity index (χ2n) is 5.79. The number of anilines is 1. The molecule has 5 nitrogen and oxygen atoms in total. The first-order chi connectivity index (χ1) is 11.2. The van der Waals surface area contributed by atoms with E-state index in [0.717, 1.165) is 24.0 Å². The Kier molecular flexibility index (Phi) is 5.03. The molecule has 6 heteroatoms. The Morgan fingerprint density at radius 3 is 2.87 bits per heavy atom. The summed E-state index contributed by atoms with van der Waals surface area (Å²) in [5.41, 5.74) is 7.24. The molecule has 0 spiro atoms. The zero-order valence-corrected chi connectivity index (χ0v) is 14.4. The molecule has 0 bridgehead atoms. The average molecular weight is 378 g/mol. The molecule has 122 valence electrons. The molecule has 23 heavy (non-hydrogen) atoms. The van der Waals surface area contributed by atoms with Gasteiger partial charge in [-0.3, -0.25) is 4.79 Å². The summed E-state index contributed by atoms with van der Waals surface area (Å²) in [6.45, 7) is 2.96. The lowest BCUT2D eigenvalue weighted by molar-refractivity contribution is 0.0947. The molecule has 1 aromatic heterocycles. The fourth-order valence-electron chi connectivity index (χ4n) is 2.83. The minimum atomic E-state index is -0.101. The smallest absolute Gasteiger partial charge is 0.254 e. The van der Waals surface area contributed by atoms with Gasteiger partial charge in [0.25, 0.3) is 5.91 Å². The molecule has 0 aliphatic carbocycles. The van der Waals surface area contributed by atoms with Gasteiger partial charge in [-0.2, -0.15) is 0 Å². The number of benzene rings is 1. The first-order valence-electron chi connectivity index (χ1n) is 7.72. The van der Waals surface area contributed by atoms with E-state index < -0.39 is 0 Å². The Hall–Kier alpha value is -1.79. The van der Waals surface area contributed by atoms with Crippen molar-refractivity contribution < 1.29 is 9.21 Å². The molecular formula is C17H20BrN3O2. The topological polar surface area (TPSA) is 71.5 Å². The van der Waals surface area contributed by atoms with E-state index in [2.05, 4.69) is 50.4 Å². The van der Waals surface area contributed by atoms with Crippen molar-refractivity contribution in [2.24, 2.45) is 11.7 Å². The highest BCUT2D eigenvalue weighted by molar-refractivity contribution is 9.10. The van der Waals surface area contributed by atoms with Crippen LogP contribution in [0.2, 0.25) is 0 Å². The number of furan rings is 1. The molecule has 0 saturated carbocycles. The molecule has 1 amide bonds. The van der Waals surface area contributed by atoms with E-state index >= 15 is 0 Å². The predicted octanol–water partition coefficient (Wildman–Crippen LogP) is 2.76. The number of rotatable bonds is 5. The Morgan fingerprint density at radius 1 is 1.39 bits per heavy atom. The summed E-state index contributed by atoms with van der Waals surface area (Å²) in [4.78, 5) is 14.4. The molecule has 1 fully saturated rings. The largest absolute Gasteiger partial charge is 0.467 e. The van der Waals surface area contributed by atoms with Gasteiger partial charge in [0, 0.05) is 29.8 Å². The van der Waals surface area contributed by atoms with Crippen LogP contribution in [0.3, 0.4) is 0 Å². The zero-order chi connectivity index (χ0) is 16.2. The van der Waals surface area contributed by atoms with Crippen molar-refractivity contribution in [1.29, 1.82) is 0 Å². The van der Waals surface area contributed by atoms with Crippen LogP contribution in [-0.2, 0) is 6.54 Å². The quantitative estimate of drug-likeness (QED) is 0.840. The van der Waals surface area contributed by atoms with Crippen molar-refractivity contribution in [3.05, 3.63) is 52.4 Å². The molecule has 1 aliphatic heterocycles. The molecule has 1 aromatic carbocycles. The van der Waals surface area contributed by atoms with Crippen molar-refractivity contribution in [1.82, 2.24) is 5.32 Å². The van der Waals surface area contributed by atoms with Crippen LogP contribution in [0.1, 0.15) is 22.5 Å². The molecule has 2 aromatic rings. The minimum Gasteiger partial charge on any atom is -0.467 e. The molecule has 1 aliphatic rings. The number of nitrogens with two attached hydrogens (primary N) is 1. The second-order valence-corrected chi connectivity index (χ2v) is 6.71. The van der Waals surface area contributed by atoms with E-state index in [1.807, 2.05) is 0 Å². The van der Waals surface area contributed by atoms with Crippen molar-refractivity contribution in [3.63, 3.8) is 0 Å². The summed E-state index contributed by atoms with van der Waals surface area (Å²) in [6, 6.07) is 10.0. The lowest BCUT2D eigenvalue weighted by Gasteiger charge is -2.19. The summed E-state index contributed by atoms with van der Waals surface area (Å²) in [6.07, 6.45) is 2.54. The van der Waals surface area contributed by atoms with Crippen molar-refractivity contribution in [3.8, 4) is 0 Å². The maximum Gasteiger partial charge on any atom is 0.254 e. The highest BCUT2D eigenvalue weighted by Crippen LogP contribution is 2.25. The van der Waals surface area contributed by atoms with E-state index in [1.54, 1.807) is 6.07 Å². The van der Waals surface area contributed by atoms with E-state index in [4.69, 9.17) is 10.2 Å². The standard InChI is InChI=1S/C17H20BrN3O2/c18-14-1-3-15(4-2-14)21-6-5-12(10-21)9-20-17(22)13-7-16(8-19)23-11-13/h1-4,7,11-12H,5-6,8-10,19H2,(H,20,22). The van der Waals surface area contributed by atoms with Crippen molar-refractivity contribution >= 4 is 27.5 Å². The minimum absolute atomic E-state index is 0.101. The third-order valence-electron chi connectivity index (χ3n) is 4.15. The Labute approximate surface area is 144 Å². The van der Waals surface area contributed by atoms with E-state index in [0.29, 0.717) is 30.3 Å². The Morgan fingerprint density at radius 2 is 2.17 bits per heavy atom. The van der Waals surface area contributed by atoms with Gasteiger partial charge in [0.1, 0.15) is 12.0 Å². The van der Waals surface area contributed by atoms with Crippen LogP contribution in [0.4, 0.5) is 5.69 Å². The van der Waals surface area contributed by atoms with Crippen LogP contribution in [0, 0.1) is 5.92 Å². The van der Waals surface area contributed by atoms with Crippen LogP contribution < -0.4 is 16.0 Å². The van der Waals surface area contributed by atoms with Gasteiger partial charge in [-0.05, 0) is 42.7 Å². The fraction of sp³-hybridized carbons (Fsp3) is 0.353. The van der Waals surface area contributed by atoms with E-state index in [1.165, 1.54) is 12.0 Å². The highest BCUT2D eigenvalue weighted by atomic mass is 79.9. The maximum absolute atomic E-state index is 12.1. The van der Waals surface area contributed by atoms with E-state index in [-0.39, 0.29) is 5.91 Å². The number of nitrogens with one attached hydrogen (secondary N) is 1. The SMILES string of the molecule is NCc1cc(C(=O)NCC2CCN(c3ccc(Br)cc3)C2)co1. The average Bonchev–Trinajstić information content (AvgIpc) is 3.22. The number of halogens is 1. The van der Waals surface area contributed by atoms with Gasteiger partial charge < -0.3 is 20.4 Å². The number of hydrogen-bond donors (Lipinski definition) is 2. The van der Waals surface area contributed by atoms with Crippen LogP contribution in [0.15, 0.2) is 45.5 Å². The van der Waals surface area contributed by atoms with Gasteiger partial charge >= 0.3 is 0 Å². The molecule has 0 radical (unpaired) electrons. The molecule has 1 unspecified atom stereocenters. The third-order valence-corrected chi connectivity index (χ3v) is 4.67. The van der Waals surface area contributed by atoms with Crippen LogP contribution >= 0.6 is 15.9 Å². The fourth-order valence-corrected chi connectivity index (χ4v) is 3.10. The van der Waals surface area contributed by atoms with E-state index in [9.17, 15) is 4.79 Å². The molecule has 1 atom stereocenters. The number of carbonyl (C=O) groups is 1. The van der Waals surface area contributed by atoms with Crippen LogP contribution in [0.5, 0.6) is 0 Å². The molecule has 3 N–H and O–H groups in total. The zero-order valence-electron chi connectivity index (χ0n) is 12.8. The van der Waals surface area contributed by atoms with Crippen LogP contribution in [0.25, 0.3) is 0 Å². The van der Waals surface area contributed by atoms with Gasteiger partial charge in [-0.15, -0.1) is 0 Å². The van der Waals surface area contributed by atoms with Gasteiger partial charge in [-0.1, -0.05) is 15.9 Å². The predicted molar refractivity (Wildman–Crippen MR) is 93.4 cm³/mol. The number of hydrogen-bond acceptors (Lipinski definition) is 4.